The van der Waals surface area contributed by atoms with Crippen LogP contribution >= 0.6 is 0 Å². The van der Waals surface area contributed by atoms with Crippen LogP contribution in [0.1, 0.15) is 28.5 Å². The van der Waals surface area contributed by atoms with Crippen LogP contribution in [-0.4, -0.2) is 37.1 Å². The second kappa shape index (κ2) is 5.97. The van der Waals surface area contributed by atoms with E-state index in [2.05, 4.69) is 53.1 Å². The number of imidazole rings is 1. The second-order valence-electron chi connectivity index (χ2n) is 7.09. The molecule has 7 nitrogen and oxygen atoms in total. The van der Waals surface area contributed by atoms with Crippen LogP contribution in [-0.2, 0) is 12.8 Å². The monoisotopic (exact) mass is 362 g/mol. The van der Waals surface area contributed by atoms with Gasteiger partial charge >= 0.3 is 0 Å². The van der Waals surface area contributed by atoms with Gasteiger partial charge in [0, 0.05) is 30.6 Å². The lowest BCUT2D eigenvalue weighted by Gasteiger charge is -2.19. The molecule has 1 aliphatic heterocycles. The highest BCUT2D eigenvalue weighted by atomic mass is 16.5. The predicted molar refractivity (Wildman–Crippen MR) is 104 cm³/mol. The molecule has 5 heterocycles. The van der Waals surface area contributed by atoms with Gasteiger partial charge in [-0.3, -0.25) is 0 Å². The van der Waals surface area contributed by atoms with Crippen molar-refractivity contribution in [3.8, 4) is 5.75 Å². The highest BCUT2D eigenvalue weighted by molar-refractivity contribution is 5.71. The maximum absolute atomic E-state index is 5.86. The first kappa shape index (κ1) is 16.1. The molecule has 4 aromatic heterocycles. The standard InChI is InChI=1S/C20H22N6O/c1-12-4-5-13(2)26-19(12)23-17(24-26)7-6-15-14(3)25-10-8-16-18(20(25)22-15)27-11-9-21-16/h4-5,8,10,21H,6-7,9,11H2,1-3H3. The van der Waals surface area contributed by atoms with E-state index in [1.807, 2.05) is 11.4 Å². The molecule has 27 heavy (non-hydrogen) atoms. The van der Waals surface area contributed by atoms with Crippen molar-refractivity contribution < 1.29 is 4.74 Å². The Balaban J connectivity index is 1.47. The van der Waals surface area contributed by atoms with E-state index < -0.39 is 0 Å². The van der Waals surface area contributed by atoms with Gasteiger partial charge in [0.1, 0.15) is 6.61 Å². The maximum atomic E-state index is 5.86. The van der Waals surface area contributed by atoms with E-state index in [0.29, 0.717) is 6.61 Å². The summed E-state index contributed by atoms with van der Waals surface area (Å²) in [5, 5.41) is 8.04. The van der Waals surface area contributed by atoms with Crippen molar-refractivity contribution in [1.29, 1.82) is 0 Å². The summed E-state index contributed by atoms with van der Waals surface area (Å²) in [7, 11) is 0. The molecule has 1 aliphatic rings. The fraction of sp³-hybridized carbons (Fsp3) is 0.350. The van der Waals surface area contributed by atoms with Gasteiger partial charge in [0.2, 0.25) is 0 Å². The first-order chi connectivity index (χ1) is 13.1. The molecule has 0 aromatic carbocycles. The zero-order valence-corrected chi connectivity index (χ0v) is 15.8. The minimum Gasteiger partial charge on any atom is -0.486 e. The molecule has 0 unspecified atom stereocenters. The van der Waals surface area contributed by atoms with Crippen molar-refractivity contribution in [1.82, 2.24) is 24.0 Å². The first-order valence-electron chi connectivity index (χ1n) is 9.31. The van der Waals surface area contributed by atoms with E-state index in [9.17, 15) is 0 Å². The summed E-state index contributed by atoms with van der Waals surface area (Å²) >= 11 is 0. The van der Waals surface area contributed by atoms with E-state index in [1.54, 1.807) is 0 Å². The molecule has 1 N–H and O–H groups in total. The Bertz CT molecular complexity index is 1130. The lowest BCUT2D eigenvalue weighted by Crippen LogP contribution is -2.18. The van der Waals surface area contributed by atoms with Crippen molar-refractivity contribution in [3.05, 3.63) is 52.9 Å². The van der Waals surface area contributed by atoms with Gasteiger partial charge in [-0.25, -0.2) is 14.5 Å². The van der Waals surface area contributed by atoms with E-state index >= 15 is 0 Å². The fourth-order valence-electron chi connectivity index (χ4n) is 3.69. The molecule has 0 bridgehead atoms. The van der Waals surface area contributed by atoms with Gasteiger partial charge < -0.3 is 14.5 Å². The third-order valence-electron chi connectivity index (χ3n) is 5.25. The molecule has 0 saturated heterocycles. The van der Waals surface area contributed by atoms with Crippen LogP contribution in [0.15, 0.2) is 24.4 Å². The normalized spacial score (nSPS) is 13.6. The molecule has 0 saturated carbocycles. The number of nitrogens with one attached hydrogen (secondary N) is 1. The highest BCUT2D eigenvalue weighted by Crippen LogP contribution is 2.32. The summed E-state index contributed by atoms with van der Waals surface area (Å²) in [5.74, 6) is 1.69. The van der Waals surface area contributed by atoms with Crippen LogP contribution in [0.4, 0.5) is 5.69 Å². The van der Waals surface area contributed by atoms with Crippen molar-refractivity contribution in [3.63, 3.8) is 0 Å². The highest BCUT2D eigenvalue weighted by Gasteiger charge is 2.19. The maximum Gasteiger partial charge on any atom is 0.185 e. The van der Waals surface area contributed by atoms with Crippen LogP contribution < -0.4 is 10.1 Å². The van der Waals surface area contributed by atoms with E-state index in [0.717, 1.165) is 70.6 Å². The van der Waals surface area contributed by atoms with Crippen LogP contribution in [0.3, 0.4) is 0 Å². The van der Waals surface area contributed by atoms with Gasteiger partial charge in [-0.1, -0.05) is 6.07 Å². The van der Waals surface area contributed by atoms with Gasteiger partial charge in [0.25, 0.3) is 0 Å². The predicted octanol–water partition coefficient (Wildman–Crippen LogP) is 2.89. The fourth-order valence-corrected chi connectivity index (χ4v) is 3.69. The third kappa shape index (κ3) is 2.53. The molecular weight excluding hydrogens is 340 g/mol. The minimum absolute atomic E-state index is 0.664. The lowest BCUT2D eigenvalue weighted by atomic mass is 10.2. The minimum atomic E-state index is 0.664. The van der Waals surface area contributed by atoms with Crippen LogP contribution in [0.2, 0.25) is 0 Å². The van der Waals surface area contributed by atoms with Crippen molar-refractivity contribution in [2.45, 2.75) is 33.6 Å². The van der Waals surface area contributed by atoms with Gasteiger partial charge in [0.15, 0.2) is 22.9 Å². The number of aryl methyl sites for hydroxylation is 5. The summed E-state index contributed by atoms with van der Waals surface area (Å²) in [4.78, 5) is 9.59. The van der Waals surface area contributed by atoms with Gasteiger partial charge in [-0.05, 0) is 44.9 Å². The Kier molecular flexibility index (Phi) is 3.56. The zero-order valence-electron chi connectivity index (χ0n) is 15.8. The van der Waals surface area contributed by atoms with Crippen LogP contribution in [0.5, 0.6) is 5.75 Å². The number of hydrogen-bond donors (Lipinski definition) is 1. The summed E-state index contributed by atoms with van der Waals surface area (Å²) < 4.78 is 9.89. The van der Waals surface area contributed by atoms with Crippen LogP contribution in [0, 0.1) is 20.8 Å². The summed E-state index contributed by atoms with van der Waals surface area (Å²) in [6.07, 6.45) is 3.61. The molecule has 0 fully saturated rings. The number of hydrogen-bond acceptors (Lipinski definition) is 5. The number of pyridine rings is 2. The zero-order chi connectivity index (χ0) is 18.5. The number of anilines is 1. The summed E-state index contributed by atoms with van der Waals surface area (Å²) in [6.45, 7) is 7.71. The average Bonchev–Trinajstić information content (AvgIpc) is 3.26. The van der Waals surface area contributed by atoms with Crippen molar-refractivity contribution >= 4 is 17.0 Å². The van der Waals surface area contributed by atoms with Crippen molar-refractivity contribution in [2.24, 2.45) is 0 Å². The number of aromatic nitrogens is 5. The number of fused-ring (bicyclic) bond motifs is 4. The quantitative estimate of drug-likeness (QED) is 0.607. The molecule has 5 rings (SSSR count). The molecule has 138 valence electrons. The summed E-state index contributed by atoms with van der Waals surface area (Å²) in [6, 6.07) is 6.21. The molecule has 0 amide bonds. The van der Waals surface area contributed by atoms with Crippen LogP contribution in [0.25, 0.3) is 11.3 Å². The van der Waals surface area contributed by atoms with Gasteiger partial charge in [-0.2, -0.15) is 5.10 Å². The Labute approximate surface area is 157 Å². The second-order valence-corrected chi connectivity index (χ2v) is 7.09. The molecule has 0 spiro atoms. The lowest BCUT2D eigenvalue weighted by molar-refractivity contribution is 0.325. The molecule has 4 aromatic rings. The Morgan fingerprint density at radius 1 is 1.07 bits per heavy atom. The molecular formula is C20H22N6O. The smallest absolute Gasteiger partial charge is 0.185 e. The van der Waals surface area contributed by atoms with Gasteiger partial charge in [-0.15, -0.1) is 0 Å². The first-order valence-corrected chi connectivity index (χ1v) is 9.31. The molecule has 7 heteroatoms. The third-order valence-corrected chi connectivity index (χ3v) is 5.25. The molecule has 0 aliphatic carbocycles. The van der Waals surface area contributed by atoms with E-state index in [1.165, 1.54) is 0 Å². The summed E-state index contributed by atoms with van der Waals surface area (Å²) in [5.41, 5.74) is 7.25. The Morgan fingerprint density at radius 2 is 1.96 bits per heavy atom. The SMILES string of the molecule is Cc1ccc(C)n2nc(CCc3nc4c5c(ccn4c3C)NCCO5)nc12. The topological polar surface area (TPSA) is 68.8 Å². The largest absolute Gasteiger partial charge is 0.486 e. The number of ether oxygens (including phenoxy) is 1. The van der Waals surface area contributed by atoms with E-state index in [4.69, 9.17) is 14.7 Å². The molecule has 0 atom stereocenters. The number of rotatable bonds is 3. The average molecular weight is 362 g/mol. The van der Waals surface area contributed by atoms with Crippen molar-refractivity contribution in [2.75, 3.05) is 18.5 Å². The Morgan fingerprint density at radius 3 is 2.81 bits per heavy atom. The van der Waals surface area contributed by atoms with Gasteiger partial charge in [0.05, 0.1) is 11.4 Å². The Hall–Kier alpha value is -3.09. The number of nitrogens with zero attached hydrogens (tertiary/aromatic N) is 5. The molecule has 0 radical (unpaired) electrons. The van der Waals surface area contributed by atoms with E-state index in [-0.39, 0.29) is 0 Å².